The Labute approximate surface area is 289 Å². The Morgan fingerprint density at radius 1 is 0.220 bits per heavy atom. The predicted molar refractivity (Wildman–Crippen MR) is 216 cm³/mol. The van der Waals surface area contributed by atoms with Crippen LogP contribution in [0, 0.1) is 0 Å². The highest BCUT2D eigenvalue weighted by Gasteiger charge is 2.22. The molecule has 0 aliphatic rings. The minimum absolute atomic E-state index is 1.24. The molecule has 11 aromatic carbocycles. The summed E-state index contributed by atoms with van der Waals surface area (Å²) >= 11 is 0. The minimum atomic E-state index is 1.24. The van der Waals surface area contributed by atoms with E-state index in [9.17, 15) is 0 Å². The molecule has 0 aliphatic heterocycles. The first-order valence-electron chi connectivity index (χ1n) is 17.4. The molecule has 0 spiro atoms. The molecular formula is C50H30. The molecule has 0 nitrogen and oxygen atoms in total. The Kier molecular flexibility index (Phi) is 5.76. The largest absolute Gasteiger partial charge is 0.0622 e. The summed E-state index contributed by atoms with van der Waals surface area (Å²) in [5, 5.41) is 18.3. The zero-order valence-corrected chi connectivity index (χ0v) is 27.3. The summed E-state index contributed by atoms with van der Waals surface area (Å²) in [6.45, 7) is 0. The van der Waals surface area contributed by atoms with Crippen LogP contribution in [0.2, 0.25) is 0 Å². The maximum Gasteiger partial charge on any atom is -0.00134 e. The summed E-state index contributed by atoms with van der Waals surface area (Å²) in [5.41, 5.74) is 7.58. The van der Waals surface area contributed by atoms with E-state index in [1.165, 1.54) is 109 Å². The van der Waals surface area contributed by atoms with Crippen LogP contribution in [0.1, 0.15) is 0 Å². The maximum atomic E-state index is 2.42. The molecular weight excluding hydrogens is 601 g/mol. The van der Waals surface area contributed by atoms with Crippen LogP contribution in [0.5, 0.6) is 0 Å². The van der Waals surface area contributed by atoms with Gasteiger partial charge in [0, 0.05) is 0 Å². The van der Waals surface area contributed by atoms with E-state index in [1.54, 1.807) is 0 Å². The molecule has 0 aliphatic carbocycles. The van der Waals surface area contributed by atoms with Crippen molar-refractivity contribution in [1.29, 1.82) is 0 Å². The molecule has 0 heteroatoms. The summed E-state index contributed by atoms with van der Waals surface area (Å²) in [5.74, 6) is 0. The van der Waals surface area contributed by atoms with E-state index >= 15 is 0 Å². The van der Waals surface area contributed by atoms with Crippen LogP contribution in [-0.2, 0) is 0 Å². The molecule has 50 heavy (non-hydrogen) atoms. The fourth-order valence-electron chi connectivity index (χ4n) is 8.87. The van der Waals surface area contributed by atoms with Crippen LogP contribution in [0.4, 0.5) is 0 Å². The van der Waals surface area contributed by atoms with Crippen LogP contribution in [0.15, 0.2) is 182 Å². The Morgan fingerprint density at radius 3 is 1.52 bits per heavy atom. The maximum absolute atomic E-state index is 2.42. The zero-order chi connectivity index (χ0) is 32.8. The number of hydrogen-bond donors (Lipinski definition) is 0. The zero-order valence-electron chi connectivity index (χ0n) is 27.3. The predicted octanol–water partition coefficient (Wildman–Crippen LogP) is 14.2. The standard InChI is InChI=1S/C50H30/c1-3-13-31(14-4-1)36-22-11-18-33-29-35(25-26-38(33)36)46-40-20-9-10-21-41(40)48-44-28-27-37(32-15-5-2-6-16-32)45-30-34-17-7-8-19-39(34)47(50(44)45)43-24-12-23-42(46)49(43)48/h1-30H. The molecule has 11 rings (SSSR count). The van der Waals surface area contributed by atoms with Gasteiger partial charge >= 0.3 is 0 Å². The lowest BCUT2D eigenvalue weighted by Crippen LogP contribution is -1.94. The molecule has 0 radical (unpaired) electrons. The molecule has 0 saturated carbocycles. The number of hydrogen-bond acceptors (Lipinski definition) is 0. The van der Waals surface area contributed by atoms with E-state index in [-0.39, 0.29) is 0 Å². The third kappa shape index (κ3) is 3.82. The highest BCUT2D eigenvalue weighted by molar-refractivity contribution is 6.44. The molecule has 230 valence electrons. The van der Waals surface area contributed by atoms with Crippen molar-refractivity contribution in [2.45, 2.75) is 0 Å². The molecule has 0 bridgehead atoms. The Balaban J connectivity index is 1.31. The number of fused-ring (bicyclic) bond motifs is 7. The average molecular weight is 631 g/mol. The lowest BCUT2D eigenvalue weighted by atomic mass is 9.81. The third-order valence-corrected chi connectivity index (χ3v) is 11.0. The van der Waals surface area contributed by atoms with E-state index in [2.05, 4.69) is 182 Å². The van der Waals surface area contributed by atoms with Gasteiger partial charge in [0.1, 0.15) is 0 Å². The van der Waals surface area contributed by atoms with Gasteiger partial charge in [0.15, 0.2) is 0 Å². The third-order valence-electron chi connectivity index (χ3n) is 11.0. The number of rotatable bonds is 3. The molecule has 0 N–H and O–H groups in total. The van der Waals surface area contributed by atoms with Crippen molar-refractivity contribution in [2.24, 2.45) is 0 Å². The summed E-state index contributed by atoms with van der Waals surface area (Å²) in [4.78, 5) is 0. The second kappa shape index (κ2) is 10.5. The highest BCUT2D eigenvalue weighted by atomic mass is 14.2. The van der Waals surface area contributed by atoms with Crippen LogP contribution in [0.25, 0.3) is 109 Å². The van der Waals surface area contributed by atoms with Crippen molar-refractivity contribution >= 4 is 75.4 Å². The van der Waals surface area contributed by atoms with Crippen molar-refractivity contribution in [3.8, 4) is 33.4 Å². The van der Waals surface area contributed by atoms with Crippen molar-refractivity contribution in [1.82, 2.24) is 0 Å². The Bertz CT molecular complexity index is 3120. The van der Waals surface area contributed by atoms with Gasteiger partial charge in [0.2, 0.25) is 0 Å². The van der Waals surface area contributed by atoms with Crippen molar-refractivity contribution in [3.05, 3.63) is 182 Å². The van der Waals surface area contributed by atoms with E-state index in [1.807, 2.05) is 0 Å². The monoisotopic (exact) mass is 630 g/mol. The molecule has 0 saturated heterocycles. The van der Waals surface area contributed by atoms with E-state index in [0.717, 1.165) is 0 Å². The van der Waals surface area contributed by atoms with Crippen LogP contribution in [-0.4, -0.2) is 0 Å². The molecule has 0 aromatic heterocycles. The van der Waals surface area contributed by atoms with Gasteiger partial charge < -0.3 is 0 Å². The molecule has 11 aromatic rings. The fourth-order valence-corrected chi connectivity index (χ4v) is 8.87. The van der Waals surface area contributed by atoms with E-state index < -0.39 is 0 Å². The molecule has 0 amide bonds. The summed E-state index contributed by atoms with van der Waals surface area (Å²) in [6, 6.07) is 67.4. The fraction of sp³-hybridized carbons (Fsp3) is 0. The number of benzene rings is 11. The summed E-state index contributed by atoms with van der Waals surface area (Å²) < 4.78 is 0. The van der Waals surface area contributed by atoms with Crippen molar-refractivity contribution < 1.29 is 0 Å². The topological polar surface area (TPSA) is 0 Å². The smallest absolute Gasteiger partial charge is 0.00134 e. The van der Waals surface area contributed by atoms with Gasteiger partial charge in [0.05, 0.1) is 0 Å². The molecule has 0 unspecified atom stereocenters. The van der Waals surface area contributed by atoms with Gasteiger partial charge in [-0.25, -0.2) is 0 Å². The average Bonchev–Trinajstić information content (AvgIpc) is 3.19. The first-order chi connectivity index (χ1) is 24.8. The first-order valence-corrected chi connectivity index (χ1v) is 17.4. The quantitative estimate of drug-likeness (QED) is 0.135. The van der Waals surface area contributed by atoms with Crippen molar-refractivity contribution in [3.63, 3.8) is 0 Å². The first kappa shape index (κ1) is 27.5. The lowest BCUT2D eigenvalue weighted by Gasteiger charge is -2.22. The second-order valence-electron chi connectivity index (χ2n) is 13.6. The Morgan fingerprint density at radius 2 is 0.720 bits per heavy atom. The van der Waals surface area contributed by atoms with Crippen LogP contribution < -0.4 is 0 Å². The molecule has 0 heterocycles. The van der Waals surface area contributed by atoms with Crippen LogP contribution in [0.3, 0.4) is 0 Å². The molecule has 0 atom stereocenters. The van der Waals surface area contributed by atoms with Crippen LogP contribution >= 0.6 is 0 Å². The highest BCUT2D eigenvalue weighted by Crippen LogP contribution is 2.50. The van der Waals surface area contributed by atoms with Gasteiger partial charge in [-0.2, -0.15) is 0 Å². The summed E-state index contributed by atoms with van der Waals surface area (Å²) in [6.07, 6.45) is 0. The van der Waals surface area contributed by atoms with E-state index in [0.29, 0.717) is 0 Å². The lowest BCUT2D eigenvalue weighted by molar-refractivity contribution is 1.65. The minimum Gasteiger partial charge on any atom is -0.0622 e. The normalized spacial score (nSPS) is 12.0. The molecule has 0 fully saturated rings. The Hall–Kier alpha value is -6.50. The van der Waals surface area contributed by atoms with Gasteiger partial charge in [-0.3, -0.25) is 0 Å². The van der Waals surface area contributed by atoms with Gasteiger partial charge in [-0.1, -0.05) is 170 Å². The van der Waals surface area contributed by atoms with E-state index in [4.69, 9.17) is 0 Å². The second-order valence-corrected chi connectivity index (χ2v) is 13.6. The SMILES string of the molecule is c1ccc(-c2cccc3cc(-c4c5ccccc5c5c6ccc(-c7ccccc7)c7cc8ccccc8c(c8cccc4c85)c76)ccc23)cc1. The van der Waals surface area contributed by atoms with Gasteiger partial charge in [-0.15, -0.1) is 0 Å². The van der Waals surface area contributed by atoms with Crippen molar-refractivity contribution in [2.75, 3.05) is 0 Å². The van der Waals surface area contributed by atoms with Gasteiger partial charge in [-0.05, 0) is 121 Å². The van der Waals surface area contributed by atoms with Gasteiger partial charge in [0.25, 0.3) is 0 Å². The summed E-state index contributed by atoms with van der Waals surface area (Å²) in [7, 11) is 0.